The fourth-order valence-electron chi connectivity index (χ4n) is 7.84. The molecular weight excluding hydrogens is 542 g/mol. The fraction of sp³-hybridized carbons (Fsp3) is 0.719. The molecule has 1 amide bonds. The molecule has 6 atom stereocenters. The highest BCUT2D eigenvalue weighted by molar-refractivity contribution is 6.02. The summed E-state index contributed by atoms with van der Waals surface area (Å²) < 4.78 is 15.3. The first-order valence-electron chi connectivity index (χ1n) is 15.1. The van der Waals surface area contributed by atoms with Crippen molar-refractivity contribution in [1.82, 2.24) is 5.32 Å². The maximum absolute atomic E-state index is 13.7. The van der Waals surface area contributed by atoms with Crippen LogP contribution in [-0.2, 0) is 28.6 Å². The van der Waals surface area contributed by atoms with E-state index in [9.17, 15) is 29.1 Å². The molecule has 10 heteroatoms. The molecular formula is C32H45NO9. The number of unbranched alkanes of at least 4 members (excludes halogenated alkanes) is 2. The summed E-state index contributed by atoms with van der Waals surface area (Å²) in [5, 5.41) is 14.4. The van der Waals surface area contributed by atoms with E-state index in [4.69, 9.17) is 14.2 Å². The Morgan fingerprint density at radius 1 is 1.07 bits per heavy atom. The molecule has 232 valence electrons. The molecule has 0 bridgehead atoms. The van der Waals surface area contributed by atoms with Gasteiger partial charge in [0.25, 0.3) is 0 Å². The second kappa shape index (κ2) is 11.9. The number of Topliss-reactive ketones (excluding diaryl/α,β-unsaturated/α-hetero) is 2. The molecule has 0 saturated heterocycles. The van der Waals surface area contributed by atoms with Crippen LogP contribution in [0, 0.1) is 28.6 Å². The van der Waals surface area contributed by atoms with E-state index in [1.54, 1.807) is 32.9 Å². The lowest BCUT2D eigenvalue weighted by Gasteiger charge is -2.56. The molecule has 3 fully saturated rings. The van der Waals surface area contributed by atoms with E-state index in [0.29, 0.717) is 38.6 Å². The number of allylic oxidation sites excluding steroid dienone is 4. The lowest BCUT2D eigenvalue weighted by Crippen LogP contribution is -2.60. The molecule has 0 aliphatic heterocycles. The zero-order valence-corrected chi connectivity index (χ0v) is 25.5. The highest BCUT2D eigenvalue weighted by Crippen LogP contribution is 2.66. The second-order valence-electron chi connectivity index (χ2n) is 13.7. The monoisotopic (exact) mass is 587 g/mol. The van der Waals surface area contributed by atoms with Crippen LogP contribution in [0.5, 0.6) is 0 Å². The standard InChI is InChI=1S/C32H45NO9/c1-29(2,3)42-27(37)33-15-7-6-8-16-40-28(38)41-19-25(36)32(39)14-12-23-22-10-9-20-17-21(34)11-13-30(20,4)26(22)24(35)18-31(23,32)5/h11,13,17,22-23,26,39H,6-10,12,14-16,18-19H2,1-5H3,(H,33,37)/t22-,23-,26+,30-,31-,32-/m0/s1. The first kappa shape index (κ1) is 31.9. The SMILES string of the molecule is CC(C)(C)OC(=O)NCCCCCOC(=O)OCC(=O)[C@@]1(O)CC[C@H]2[C@@H]3CCC4=CC(=O)C=C[C@]4(C)[C@H]3C(=O)C[C@@]21C. The van der Waals surface area contributed by atoms with Crippen LogP contribution in [-0.4, -0.2) is 65.7 Å². The van der Waals surface area contributed by atoms with Gasteiger partial charge in [0.1, 0.15) is 17.0 Å². The zero-order chi connectivity index (χ0) is 30.9. The topological polar surface area (TPSA) is 145 Å². The Morgan fingerprint density at radius 3 is 2.52 bits per heavy atom. The van der Waals surface area contributed by atoms with Crippen molar-refractivity contribution >= 4 is 29.6 Å². The van der Waals surface area contributed by atoms with Gasteiger partial charge in [-0.05, 0) is 89.7 Å². The largest absolute Gasteiger partial charge is 0.508 e. The molecule has 2 N–H and O–H groups in total. The average molecular weight is 588 g/mol. The molecule has 10 nitrogen and oxygen atoms in total. The number of hydrogen-bond donors (Lipinski definition) is 2. The van der Waals surface area contributed by atoms with Crippen LogP contribution in [0.3, 0.4) is 0 Å². The van der Waals surface area contributed by atoms with Crippen LogP contribution >= 0.6 is 0 Å². The molecule has 0 unspecified atom stereocenters. The molecule has 3 saturated carbocycles. The summed E-state index contributed by atoms with van der Waals surface area (Å²) in [7, 11) is 0. The number of aliphatic hydroxyl groups is 1. The number of carbonyl (C=O) groups is 5. The van der Waals surface area contributed by atoms with Crippen molar-refractivity contribution in [3.63, 3.8) is 0 Å². The van der Waals surface area contributed by atoms with E-state index in [1.807, 2.05) is 19.9 Å². The van der Waals surface area contributed by atoms with Crippen molar-refractivity contribution in [2.24, 2.45) is 28.6 Å². The summed E-state index contributed by atoms with van der Waals surface area (Å²) in [4.78, 5) is 62.8. The summed E-state index contributed by atoms with van der Waals surface area (Å²) in [6, 6.07) is 0. The first-order valence-corrected chi connectivity index (χ1v) is 15.1. The Hall–Kier alpha value is -3.01. The van der Waals surface area contributed by atoms with Crippen LogP contribution in [0.2, 0.25) is 0 Å². The molecule has 0 aromatic heterocycles. The van der Waals surface area contributed by atoms with Crippen molar-refractivity contribution in [1.29, 1.82) is 0 Å². The Morgan fingerprint density at radius 2 is 1.81 bits per heavy atom. The summed E-state index contributed by atoms with van der Waals surface area (Å²) in [5.74, 6) is -1.02. The molecule has 0 radical (unpaired) electrons. The Bertz CT molecular complexity index is 1180. The van der Waals surface area contributed by atoms with Crippen LogP contribution in [0.1, 0.15) is 86.0 Å². The van der Waals surface area contributed by atoms with Gasteiger partial charge in [-0.15, -0.1) is 0 Å². The van der Waals surface area contributed by atoms with Gasteiger partial charge >= 0.3 is 12.2 Å². The highest BCUT2D eigenvalue weighted by atomic mass is 16.7. The van der Waals surface area contributed by atoms with Crippen molar-refractivity contribution < 1.29 is 43.3 Å². The lowest BCUT2D eigenvalue weighted by atomic mass is 9.46. The predicted octanol–water partition coefficient (Wildman–Crippen LogP) is 4.62. The molecule has 0 aromatic rings. The van der Waals surface area contributed by atoms with Crippen LogP contribution in [0.15, 0.2) is 23.8 Å². The van der Waals surface area contributed by atoms with Gasteiger partial charge in [0.2, 0.25) is 5.78 Å². The third-order valence-corrected chi connectivity index (χ3v) is 9.90. The molecule has 0 spiro atoms. The van der Waals surface area contributed by atoms with Crippen molar-refractivity contribution in [3.05, 3.63) is 23.8 Å². The lowest BCUT2D eigenvalue weighted by molar-refractivity contribution is -0.169. The summed E-state index contributed by atoms with van der Waals surface area (Å²) in [6.07, 6.45) is 7.80. The molecule has 0 heterocycles. The molecule has 0 aromatic carbocycles. The quantitative estimate of drug-likeness (QED) is 0.291. The molecule has 4 aliphatic rings. The Labute approximate surface area is 247 Å². The van der Waals surface area contributed by atoms with E-state index in [-0.39, 0.29) is 48.8 Å². The number of alkyl carbamates (subject to hydrolysis) is 1. The number of amides is 1. The smallest absolute Gasteiger partial charge is 0.444 e. The summed E-state index contributed by atoms with van der Waals surface area (Å²) in [6.45, 7) is 9.10. The number of rotatable bonds is 9. The normalized spacial score (nSPS) is 33.6. The van der Waals surface area contributed by atoms with E-state index < -0.39 is 46.7 Å². The van der Waals surface area contributed by atoms with Crippen molar-refractivity contribution in [3.8, 4) is 0 Å². The fourth-order valence-corrected chi connectivity index (χ4v) is 7.84. The molecule has 4 aliphatic carbocycles. The summed E-state index contributed by atoms with van der Waals surface area (Å²) >= 11 is 0. The van der Waals surface area contributed by atoms with E-state index in [2.05, 4.69) is 5.32 Å². The number of fused-ring (bicyclic) bond motifs is 5. The van der Waals surface area contributed by atoms with Gasteiger partial charge in [-0.1, -0.05) is 25.5 Å². The van der Waals surface area contributed by atoms with Crippen molar-refractivity contribution in [2.75, 3.05) is 19.8 Å². The van der Waals surface area contributed by atoms with E-state index >= 15 is 0 Å². The van der Waals surface area contributed by atoms with Crippen molar-refractivity contribution in [2.45, 2.75) is 97.2 Å². The Balaban J connectivity index is 1.25. The summed E-state index contributed by atoms with van der Waals surface area (Å²) in [5.41, 5.74) is -2.84. The number of ketones is 3. The van der Waals surface area contributed by atoms with Gasteiger partial charge in [0, 0.05) is 29.7 Å². The average Bonchev–Trinajstić information content (AvgIpc) is 3.16. The maximum Gasteiger partial charge on any atom is 0.508 e. The first-order chi connectivity index (χ1) is 19.6. The van der Waals surface area contributed by atoms with Gasteiger partial charge in [-0.3, -0.25) is 14.4 Å². The Kier molecular flexibility index (Phi) is 9.07. The van der Waals surface area contributed by atoms with Gasteiger partial charge in [-0.2, -0.15) is 0 Å². The minimum Gasteiger partial charge on any atom is -0.444 e. The third-order valence-electron chi connectivity index (χ3n) is 9.90. The number of carbonyl (C=O) groups excluding carboxylic acids is 5. The predicted molar refractivity (Wildman–Crippen MR) is 152 cm³/mol. The second-order valence-corrected chi connectivity index (χ2v) is 13.7. The van der Waals surface area contributed by atoms with Gasteiger partial charge in [0.15, 0.2) is 12.4 Å². The van der Waals surface area contributed by atoms with Gasteiger partial charge in [0.05, 0.1) is 6.61 Å². The molecule has 4 rings (SSSR count). The minimum absolute atomic E-state index is 0.000552. The number of ether oxygens (including phenoxy) is 3. The van der Waals surface area contributed by atoms with E-state index in [1.165, 1.54) is 0 Å². The number of nitrogens with one attached hydrogen (secondary N) is 1. The maximum atomic E-state index is 13.7. The van der Waals surface area contributed by atoms with E-state index in [0.717, 1.165) is 12.0 Å². The third kappa shape index (κ3) is 6.19. The zero-order valence-electron chi connectivity index (χ0n) is 25.5. The van der Waals surface area contributed by atoms with Crippen LogP contribution in [0.25, 0.3) is 0 Å². The van der Waals surface area contributed by atoms with Crippen LogP contribution in [0.4, 0.5) is 9.59 Å². The van der Waals surface area contributed by atoms with Crippen LogP contribution < -0.4 is 5.32 Å². The highest BCUT2D eigenvalue weighted by Gasteiger charge is 2.68. The van der Waals surface area contributed by atoms with Gasteiger partial charge < -0.3 is 24.6 Å². The molecule has 42 heavy (non-hydrogen) atoms. The minimum atomic E-state index is -1.78. The number of hydrogen-bond acceptors (Lipinski definition) is 9. The van der Waals surface area contributed by atoms with Gasteiger partial charge in [-0.25, -0.2) is 9.59 Å².